The predicted octanol–water partition coefficient (Wildman–Crippen LogP) is -0.317. The minimum absolute atomic E-state index is 0.489. The second kappa shape index (κ2) is 4.46. The first-order valence-corrected chi connectivity index (χ1v) is 3.89. The van der Waals surface area contributed by atoms with Crippen molar-refractivity contribution in [2.45, 2.75) is 25.6 Å². The minimum atomic E-state index is -1.02. The summed E-state index contributed by atoms with van der Waals surface area (Å²) in [4.78, 5) is 1.84. The van der Waals surface area contributed by atoms with Gasteiger partial charge in [-0.15, -0.1) is 0 Å². The van der Waals surface area contributed by atoms with Crippen molar-refractivity contribution in [3.05, 3.63) is 0 Å². The van der Waals surface area contributed by atoms with Gasteiger partial charge in [0, 0.05) is 6.54 Å². The SMILES string of the molecule is CN(C)CC(O)C#CC(C)(C)O. The average molecular weight is 171 g/mol. The highest BCUT2D eigenvalue weighted by Crippen LogP contribution is 1.97. The molecule has 70 valence electrons. The predicted molar refractivity (Wildman–Crippen MR) is 48.6 cm³/mol. The Morgan fingerprint density at radius 2 is 1.92 bits per heavy atom. The van der Waals surface area contributed by atoms with Gasteiger partial charge >= 0.3 is 0 Å². The maximum absolute atomic E-state index is 9.26. The standard InChI is InChI=1S/C9H17NO2/c1-9(2,12)6-5-8(11)7-10(3)4/h8,11-12H,7H2,1-4H3. The minimum Gasteiger partial charge on any atom is -0.379 e. The van der Waals surface area contributed by atoms with Gasteiger partial charge in [-0.25, -0.2) is 0 Å². The smallest absolute Gasteiger partial charge is 0.127 e. The highest BCUT2D eigenvalue weighted by Gasteiger charge is 2.07. The fourth-order valence-electron chi connectivity index (χ4n) is 0.651. The van der Waals surface area contributed by atoms with E-state index in [0.717, 1.165) is 0 Å². The van der Waals surface area contributed by atoms with Gasteiger partial charge in [-0.3, -0.25) is 0 Å². The molecule has 1 unspecified atom stereocenters. The molecule has 0 aliphatic heterocycles. The summed E-state index contributed by atoms with van der Waals surface area (Å²) in [7, 11) is 3.71. The fourth-order valence-corrected chi connectivity index (χ4v) is 0.651. The second-order valence-electron chi connectivity index (χ2n) is 3.61. The van der Waals surface area contributed by atoms with E-state index in [0.29, 0.717) is 6.54 Å². The topological polar surface area (TPSA) is 43.7 Å². The van der Waals surface area contributed by atoms with Crippen LogP contribution < -0.4 is 0 Å². The lowest BCUT2D eigenvalue weighted by molar-refractivity contribution is 0.141. The summed E-state index contributed by atoms with van der Waals surface area (Å²) in [6.45, 7) is 3.66. The second-order valence-corrected chi connectivity index (χ2v) is 3.61. The van der Waals surface area contributed by atoms with Crippen LogP contribution in [-0.4, -0.2) is 47.5 Å². The molecule has 0 fully saturated rings. The summed E-state index contributed by atoms with van der Waals surface area (Å²) in [5.74, 6) is 5.12. The van der Waals surface area contributed by atoms with E-state index in [-0.39, 0.29) is 0 Å². The van der Waals surface area contributed by atoms with Crippen molar-refractivity contribution in [1.29, 1.82) is 0 Å². The Balaban J connectivity index is 3.96. The molecule has 1 atom stereocenters. The van der Waals surface area contributed by atoms with Crippen LogP contribution >= 0.6 is 0 Å². The third-order valence-electron chi connectivity index (χ3n) is 1.08. The van der Waals surface area contributed by atoms with Gasteiger partial charge in [-0.2, -0.15) is 0 Å². The summed E-state index contributed by atoms with van der Waals surface area (Å²) in [5.41, 5.74) is -1.02. The van der Waals surface area contributed by atoms with Crippen molar-refractivity contribution in [2.24, 2.45) is 0 Å². The summed E-state index contributed by atoms with van der Waals surface area (Å²) in [5, 5.41) is 18.5. The van der Waals surface area contributed by atoms with E-state index < -0.39 is 11.7 Å². The van der Waals surface area contributed by atoms with Gasteiger partial charge in [0.2, 0.25) is 0 Å². The van der Waals surface area contributed by atoms with Crippen LogP contribution in [0.3, 0.4) is 0 Å². The zero-order chi connectivity index (χ0) is 9.78. The van der Waals surface area contributed by atoms with Gasteiger partial charge in [-0.1, -0.05) is 11.8 Å². The molecule has 0 saturated carbocycles. The maximum atomic E-state index is 9.26. The van der Waals surface area contributed by atoms with E-state index >= 15 is 0 Å². The molecule has 0 saturated heterocycles. The molecule has 12 heavy (non-hydrogen) atoms. The molecule has 2 N–H and O–H groups in total. The molecular weight excluding hydrogens is 154 g/mol. The number of aliphatic hydroxyl groups excluding tert-OH is 1. The van der Waals surface area contributed by atoms with Crippen LogP contribution in [-0.2, 0) is 0 Å². The number of hydrogen-bond acceptors (Lipinski definition) is 3. The molecule has 0 heterocycles. The average Bonchev–Trinajstić information content (AvgIpc) is 1.80. The molecule has 0 spiro atoms. The maximum Gasteiger partial charge on any atom is 0.127 e. The molecular formula is C9H17NO2. The molecule has 3 nitrogen and oxygen atoms in total. The largest absolute Gasteiger partial charge is 0.379 e. The van der Waals surface area contributed by atoms with Crippen LogP contribution in [0.1, 0.15) is 13.8 Å². The van der Waals surface area contributed by atoms with Crippen LogP contribution in [0.4, 0.5) is 0 Å². The van der Waals surface area contributed by atoms with Crippen LogP contribution in [0.15, 0.2) is 0 Å². The third kappa shape index (κ3) is 7.55. The van der Waals surface area contributed by atoms with Crippen LogP contribution in [0, 0.1) is 11.8 Å². The lowest BCUT2D eigenvalue weighted by atomic mass is 10.1. The molecule has 0 aromatic rings. The quantitative estimate of drug-likeness (QED) is 0.560. The molecule has 0 aromatic carbocycles. The zero-order valence-electron chi connectivity index (χ0n) is 8.13. The first-order chi connectivity index (χ1) is 5.31. The molecule has 0 aromatic heterocycles. The number of hydrogen-bond donors (Lipinski definition) is 2. The third-order valence-corrected chi connectivity index (χ3v) is 1.08. The summed E-state index contributed by atoms with van der Waals surface area (Å²) < 4.78 is 0. The molecule has 0 bridgehead atoms. The Labute approximate surface area is 74.0 Å². The Morgan fingerprint density at radius 3 is 2.25 bits per heavy atom. The molecule has 0 amide bonds. The van der Waals surface area contributed by atoms with E-state index in [1.807, 2.05) is 19.0 Å². The Morgan fingerprint density at radius 1 is 1.42 bits per heavy atom. The van der Waals surface area contributed by atoms with E-state index in [1.165, 1.54) is 0 Å². The van der Waals surface area contributed by atoms with Crippen molar-refractivity contribution >= 4 is 0 Å². The van der Waals surface area contributed by atoms with E-state index in [4.69, 9.17) is 0 Å². The number of aliphatic hydroxyl groups is 2. The van der Waals surface area contributed by atoms with Gasteiger partial charge in [-0.05, 0) is 27.9 Å². The Kier molecular flexibility index (Phi) is 4.25. The van der Waals surface area contributed by atoms with Crippen molar-refractivity contribution in [2.75, 3.05) is 20.6 Å². The van der Waals surface area contributed by atoms with Crippen molar-refractivity contribution in [3.8, 4) is 11.8 Å². The molecule has 0 aliphatic rings. The highest BCUT2D eigenvalue weighted by atomic mass is 16.3. The van der Waals surface area contributed by atoms with E-state index in [1.54, 1.807) is 13.8 Å². The van der Waals surface area contributed by atoms with Gasteiger partial charge in [0.15, 0.2) is 0 Å². The van der Waals surface area contributed by atoms with Crippen molar-refractivity contribution in [1.82, 2.24) is 4.90 Å². The zero-order valence-corrected chi connectivity index (χ0v) is 8.13. The Bertz CT molecular complexity index is 183. The lowest BCUT2D eigenvalue weighted by Crippen LogP contribution is -2.25. The Hall–Kier alpha value is -0.560. The molecule has 0 rings (SSSR count). The lowest BCUT2D eigenvalue weighted by Gasteiger charge is -2.12. The van der Waals surface area contributed by atoms with Crippen LogP contribution in [0.5, 0.6) is 0 Å². The van der Waals surface area contributed by atoms with Crippen molar-refractivity contribution in [3.63, 3.8) is 0 Å². The van der Waals surface area contributed by atoms with E-state index in [9.17, 15) is 10.2 Å². The van der Waals surface area contributed by atoms with Crippen LogP contribution in [0.25, 0.3) is 0 Å². The fraction of sp³-hybridized carbons (Fsp3) is 0.778. The van der Waals surface area contributed by atoms with Gasteiger partial charge < -0.3 is 15.1 Å². The van der Waals surface area contributed by atoms with Gasteiger partial charge in [0.05, 0.1) is 0 Å². The van der Waals surface area contributed by atoms with Gasteiger partial charge in [0.25, 0.3) is 0 Å². The summed E-state index contributed by atoms with van der Waals surface area (Å²) >= 11 is 0. The highest BCUT2D eigenvalue weighted by molar-refractivity contribution is 5.13. The van der Waals surface area contributed by atoms with Gasteiger partial charge in [0.1, 0.15) is 11.7 Å². The van der Waals surface area contributed by atoms with E-state index in [2.05, 4.69) is 11.8 Å². The summed E-state index contributed by atoms with van der Waals surface area (Å²) in [6.07, 6.45) is -0.688. The normalized spacial score (nSPS) is 13.9. The molecule has 0 radical (unpaired) electrons. The van der Waals surface area contributed by atoms with Crippen molar-refractivity contribution < 1.29 is 10.2 Å². The first kappa shape index (κ1) is 11.4. The first-order valence-electron chi connectivity index (χ1n) is 3.89. The molecule has 0 aliphatic carbocycles. The monoisotopic (exact) mass is 171 g/mol. The number of likely N-dealkylation sites (N-methyl/N-ethyl adjacent to an activating group) is 1. The van der Waals surface area contributed by atoms with Crippen LogP contribution in [0.2, 0.25) is 0 Å². The number of rotatable bonds is 2. The number of nitrogens with zero attached hydrogens (tertiary/aromatic N) is 1. The molecule has 3 heteroatoms. The summed E-state index contributed by atoms with van der Waals surface area (Å²) in [6, 6.07) is 0.